The van der Waals surface area contributed by atoms with E-state index in [0.717, 1.165) is 39.0 Å². The normalized spacial score (nSPS) is 16.3. The van der Waals surface area contributed by atoms with Crippen LogP contribution in [0.2, 0.25) is 0 Å². The van der Waals surface area contributed by atoms with Crippen molar-refractivity contribution in [2.45, 2.75) is 39.8 Å². The lowest BCUT2D eigenvalue weighted by molar-refractivity contribution is 0.265. The molecule has 1 N–H and O–H groups in total. The molecule has 0 saturated heterocycles. The maximum Gasteiger partial charge on any atom is 0.109 e. The average molecular weight is 250 g/mol. The standard InChI is InChI=1S/C14H26N4/c1-11(2)9-14-16-12(5-6-15-3)13-10-17(4)7-8-18(13)14/h11,15H,5-10H2,1-4H3. The molecule has 1 aromatic rings. The molecular weight excluding hydrogens is 224 g/mol. The van der Waals surface area contributed by atoms with E-state index in [-0.39, 0.29) is 0 Å². The predicted octanol–water partition coefficient (Wildman–Crippen LogP) is 1.29. The number of aromatic nitrogens is 2. The van der Waals surface area contributed by atoms with E-state index in [1.54, 1.807) is 0 Å². The van der Waals surface area contributed by atoms with Crippen LogP contribution >= 0.6 is 0 Å². The van der Waals surface area contributed by atoms with Gasteiger partial charge >= 0.3 is 0 Å². The van der Waals surface area contributed by atoms with Crippen molar-refractivity contribution in [3.63, 3.8) is 0 Å². The molecule has 102 valence electrons. The Morgan fingerprint density at radius 3 is 2.78 bits per heavy atom. The van der Waals surface area contributed by atoms with E-state index in [2.05, 4.69) is 35.7 Å². The van der Waals surface area contributed by atoms with E-state index in [1.165, 1.54) is 17.2 Å². The fourth-order valence-corrected chi connectivity index (χ4v) is 2.60. The highest BCUT2D eigenvalue weighted by Crippen LogP contribution is 2.20. The minimum absolute atomic E-state index is 0.674. The maximum absolute atomic E-state index is 4.90. The molecule has 0 aliphatic carbocycles. The molecule has 1 aliphatic rings. The number of rotatable bonds is 5. The molecule has 0 fully saturated rings. The van der Waals surface area contributed by atoms with Crippen LogP contribution in [-0.4, -0.2) is 41.6 Å². The van der Waals surface area contributed by atoms with Crippen molar-refractivity contribution in [1.29, 1.82) is 0 Å². The first-order chi connectivity index (χ1) is 8.61. The predicted molar refractivity (Wildman–Crippen MR) is 74.7 cm³/mol. The largest absolute Gasteiger partial charge is 0.329 e. The molecule has 1 aliphatic heterocycles. The Morgan fingerprint density at radius 2 is 2.11 bits per heavy atom. The average Bonchev–Trinajstić information content (AvgIpc) is 2.63. The van der Waals surface area contributed by atoms with Gasteiger partial charge in [0.1, 0.15) is 5.82 Å². The van der Waals surface area contributed by atoms with E-state index in [0.29, 0.717) is 5.92 Å². The van der Waals surface area contributed by atoms with E-state index in [4.69, 9.17) is 4.98 Å². The minimum Gasteiger partial charge on any atom is -0.329 e. The van der Waals surface area contributed by atoms with Crippen LogP contribution in [0.25, 0.3) is 0 Å². The Kier molecular flexibility index (Phi) is 4.40. The van der Waals surface area contributed by atoms with Crippen LogP contribution in [0, 0.1) is 5.92 Å². The molecule has 0 saturated carbocycles. The van der Waals surface area contributed by atoms with E-state index in [1.807, 2.05) is 7.05 Å². The highest BCUT2D eigenvalue weighted by Gasteiger charge is 2.22. The molecule has 0 radical (unpaired) electrons. The summed E-state index contributed by atoms with van der Waals surface area (Å²) in [7, 11) is 4.20. The zero-order valence-electron chi connectivity index (χ0n) is 12.2. The number of fused-ring (bicyclic) bond motifs is 1. The Hall–Kier alpha value is -0.870. The Morgan fingerprint density at radius 1 is 1.33 bits per heavy atom. The summed E-state index contributed by atoms with van der Waals surface area (Å²) in [6.45, 7) is 8.83. The van der Waals surface area contributed by atoms with Crippen molar-refractivity contribution in [2.24, 2.45) is 5.92 Å². The van der Waals surface area contributed by atoms with Gasteiger partial charge in [0, 0.05) is 39.0 Å². The summed E-state index contributed by atoms with van der Waals surface area (Å²) in [5, 5.41) is 3.22. The van der Waals surface area contributed by atoms with Crippen molar-refractivity contribution in [3.05, 3.63) is 17.2 Å². The maximum atomic E-state index is 4.90. The van der Waals surface area contributed by atoms with Crippen molar-refractivity contribution < 1.29 is 0 Å². The fourth-order valence-electron chi connectivity index (χ4n) is 2.60. The fraction of sp³-hybridized carbons (Fsp3) is 0.786. The molecule has 0 bridgehead atoms. The molecule has 0 atom stereocenters. The smallest absolute Gasteiger partial charge is 0.109 e. The molecule has 2 rings (SSSR count). The minimum atomic E-state index is 0.674. The van der Waals surface area contributed by atoms with Gasteiger partial charge in [-0.15, -0.1) is 0 Å². The zero-order chi connectivity index (χ0) is 13.1. The van der Waals surface area contributed by atoms with Gasteiger partial charge in [-0.05, 0) is 20.0 Å². The van der Waals surface area contributed by atoms with Gasteiger partial charge in [-0.2, -0.15) is 0 Å². The van der Waals surface area contributed by atoms with Crippen LogP contribution in [0.1, 0.15) is 31.1 Å². The molecule has 1 aromatic heterocycles. The summed E-state index contributed by atoms with van der Waals surface area (Å²) in [5.74, 6) is 1.97. The quantitative estimate of drug-likeness (QED) is 0.855. The van der Waals surface area contributed by atoms with Gasteiger partial charge < -0.3 is 9.88 Å². The first-order valence-corrected chi connectivity index (χ1v) is 7.02. The second-order valence-corrected chi connectivity index (χ2v) is 5.76. The zero-order valence-corrected chi connectivity index (χ0v) is 12.2. The SMILES string of the molecule is CNCCc1nc(CC(C)C)n2c1CN(C)CC2. The number of nitrogens with zero attached hydrogens (tertiary/aromatic N) is 3. The lowest BCUT2D eigenvalue weighted by Crippen LogP contribution is -2.31. The van der Waals surface area contributed by atoms with Crippen molar-refractivity contribution in [1.82, 2.24) is 19.8 Å². The van der Waals surface area contributed by atoms with Crippen molar-refractivity contribution in [2.75, 3.05) is 27.2 Å². The molecule has 18 heavy (non-hydrogen) atoms. The lowest BCUT2D eigenvalue weighted by Gasteiger charge is -2.26. The topological polar surface area (TPSA) is 33.1 Å². The van der Waals surface area contributed by atoms with Crippen molar-refractivity contribution in [3.8, 4) is 0 Å². The summed E-state index contributed by atoms with van der Waals surface area (Å²) in [6.07, 6.45) is 2.13. The van der Waals surface area contributed by atoms with E-state index < -0.39 is 0 Å². The molecule has 0 aromatic carbocycles. The van der Waals surface area contributed by atoms with Gasteiger partial charge in [-0.1, -0.05) is 13.8 Å². The number of likely N-dealkylation sites (N-methyl/N-ethyl adjacent to an activating group) is 2. The summed E-state index contributed by atoms with van der Waals surface area (Å²) in [5.41, 5.74) is 2.74. The van der Waals surface area contributed by atoms with Crippen LogP contribution in [0.5, 0.6) is 0 Å². The van der Waals surface area contributed by atoms with Gasteiger partial charge in [0.05, 0.1) is 11.4 Å². The molecule has 2 heterocycles. The Bertz CT molecular complexity index is 395. The van der Waals surface area contributed by atoms with Crippen LogP contribution < -0.4 is 5.32 Å². The highest BCUT2D eigenvalue weighted by atomic mass is 15.2. The van der Waals surface area contributed by atoms with E-state index in [9.17, 15) is 0 Å². The number of nitrogens with one attached hydrogen (secondary N) is 1. The summed E-state index contributed by atoms with van der Waals surface area (Å²) >= 11 is 0. The molecule has 0 spiro atoms. The van der Waals surface area contributed by atoms with Crippen LogP contribution in [0.3, 0.4) is 0 Å². The first-order valence-electron chi connectivity index (χ1n) is 7.02. The summed E-state index contributed by atoms with van der Waals surface area (Å²) < 4.78 is 2.46. The second-order valence-electron chi connectivity index (χ2n) is 5.76. The third kappa shape index (κ3) is 2.93. The van der Waals surface area contributed by atoms with E-state index >= 15 is 0 Å². The van der Waals surface area contributed by atoms with Crippen molar-refractivity contribution >= 4 is 0 Å². The van der Waals surface area contributed by atoms with Gasteiger partial charge in [-0.3, -0.25) is 4.90 Å². The summed E-state index contributed by atoms with van der Waals surface area (Å²) in [4.78, 5) is 7.29. The Labute approximate surface area is 110 Å². The summed E-state index contributed by atoms with van der Waals surface area (Å²) in [6, 6.07) is 0. The molecule has 4 heteroatoms. The number of imidazole rings is 1. The molecule has 4 nitrogen and oxygen atoms in total. The second kappa shape index (κ2) is 5.85. The number of hydrogen-bond donors (Lipinski definition) is 1. The van der Waals surface area contributed by atoms with Gasteiger partial charge in [0.15, 0.2) is 0 Å². The highest BCUT2D eigenvalue weighted by molar-refractivity contribution is 5.20. The lowest BCUT2D eigenvalue weighted by atomic mass is 10.1. The van der Waals surface area contributed by atoms with Crippen LogP contribution in [-0.2, 0) is 25.9 Å². The van der Waals surface area contributed by atoms with Gasteiger partial charge in [0.25, 0.3) is 0 Å². The van der Waals surface area contributed by atoms with Gasteiger partial charge in [-0.25, -0.2) is 4.98 Å². The third-order valence-electron chi connectivity index (χ3n) is 3.56. The first kappa shape index (κ1) is 13.6. The third-order valence-corrected chi connectivity index (χ3v) is 3.56. The van der Waals surface area contributed by atoms with Crippen LogP contribution in [0.4, 0.5) is 0 Å². The van der Waals surface area contributed by atoms with Crippen LogP contribution in [0.15, 0.2) is 0 Å². The molecular formula is C14H26N4. The van der Waals surface area contributed by atoms with Gasteiger partial charge in [0.2, 0.25) is 0 Å². The Balaban J connectivity index is 2.26. The molecule has 0 unspecified atom stereocenters. The monoisotopic (exact) mass is 250 g/mol. The number of hydrogen-bond acceptors (Lipinski definition) is 3. The molecule has 0 amide bonds.